The first kappa shape index (κ1) is 16.0. The summed E-state index contributed by atoms with van der Waals surface area (Å²) in [5.74, 6) is 0.395. The quantitative estimate of drug-likeness (QED) is 0.786. The highest BCUT2D eigenvalue weighted by atomic mass is 32.2. The average Bonchev–Trinajstić information content (AvgIpc) is 2.49. The predicted octanol–water partition coefficient (Wildman–Crippen LogP) is 1.68. The van der Waals surface area contributed by atoms with Gasteiger partial charge in [0, 0.05) is 0 Å². The fourth-order valence-corrected chi connectivity index (χ4v) is 2.41. The Morgan fingerprint density at radius 3 is 2.95 bits per heavy atom. The minimum Gasteiger partial charge on any atom is -0.492 e. The number of benzene rings is 1. The molecule has 0 aliphatic rings. The first-order valence-corrected chi connectivity index (χ1v) is 7.59. The van der Waals surface area contributed by atoms with Gasteiger partial charge in [-0.15, -0.1) is 5.10 Å². The lowest BCUT2D eigenvalue weighted by Gasteiger charge is -2.14. The van der Waals surface area contributed by atoms with Gasteiger partial charge in [-0.2, -0.15) is 5.10 Å². The standard InChI is InChI=1S/C14H16N4O3S/c1-3-21-11-7-5-4-6-10(11)16-13(20)9(2)22-14-17-12(19)8-15-18-14/h4-9H,3H2,1-2H3,(H,16,20)(H,17,18,19)/t9-/m0/s1. The van der Waals surface area contributed by atoms with Crippen LogP contribution in [0.3, 0.4) is 0 Å². The van der Waals surface area contributed by atoms with Gasteiger partial charge in [0.25, 0.3) is 5.56 Å². The molecule has 0 radical (unpaired) electrons. The van der Waals surface area contributed by atoms with Gasteiger partial charge >= 0.3 is 0 Å². The topological polar surface area (TPSA) is 97.0 Å². The Kier molecular flexibility index (Phi) is 5.54. The second-order valence-corrected chi connectivity index (χ2v) is 5.65. The van der Waals surface area contributed by atoms with Crippen molar-refractivity contribution in [3.63, 3.8) is 0 Å². The summed E-state index contributed by atoms with van der Waals surface area (Å²) in [6, 6.07) is 7.21. The number of thioether (sulfide) groups is 1. The van der Waals surface area contributed by atoms with E-state index in [2.05, 4.69) is 20.5 Å². The molecule has 0 aliphatic carbocycles. The van der Waals surface area contributed by atoms with Gasteiger partial charge < -0.3 is 10.1 Å². The molecule has 0 bridgehead atoms. The molecule has 1 atom stereocenters. The predicted molar refractivity (Wildman–Crippen MR) is 84.2 cm³/mol. The van der Waals surface area contributed by atoms with E-state index in [4.69, 9.17) is 4.74 Å². The number of rotatable bonds is 6. The van der Waals surface area contributed by atoms with Crippen LogP contribution in [-0.4, -0.2) is 32.9 Å². The van der Waals surface area contributed by atoms with Crippen LogP contribution in [0.1, 0.15) is 13.8 Å². The third-order valence-electron chi connectivity index (χ3n) is 2.66. The van der Waals surface area contributed by atoms with Crippen LogP contribution in [0.15, 0.2) is 40.4 Å². The molecule has 8 heteroatoms. The number of carbonyl (C=O) groups excluding carboxylic acids is 1. The van der Waals surface area contributed by atoms with E-state index < -0.39 is 5.25 Å². The maximum atomic E-state index is 12.2. The van der Waals surface area contributed by atoms with Crippen LogP contribution in [0, 0.1) is 0 Å². The molecular weight excluding hydrogens is 304 g/mol. The molecule has 1 aromatic carbocycles. The number of amides is 1. The molecule has 0 saturated carbocycles. The Morgan fingerprint density at radius 2 is 2.23 bits per heavy atom. The fourth-order valence-electron chi connectivity index (χ4n) is 1.66. The summed E-state index contributed by atoms with van der Waals surface area (Å²) in [6.45, 7) is 4.11. The molecule has 1 aromatic heterocycles. The van der Waals surface area contributed by atoms with Gasteiger partial charge in [-0.05, 0) is 26.0 Å². The molecule has 2 N–H and O–H groups in total. The molecule has 116 valence electrons. The van der Waals surface area contributed by atoms with Crippen molar-refractivity contribution in [2.45, 2.75) is 24.3 Å². The van der Waals surface area contributed by atoms with Crippen LogP contribution in [0.25, 0.3) is 0 Å². The lowest BCUT2D eigenvalue weighted by Crippen LogP contribution is -2.23. The molecular formula is C14H16N4O3S. The summed E-state index contributed by atoms with van der Waals surface area (Å²) in [6.07, 6.45) is 1.08. The first-order chi connectivity index (χ1) is 10.6. The Balaban J connectivity index is 2.04. The molecule has 0 fully saturated rings. The summed E-state index contributed by atoms with van der Waals surface area (Å²) in [4.78, 5) is 25.9. The molecule has 0 unspecified atom stereocenters. The molecule has 22 heavy (non-hydrogen) atoms. The van der Waals surface area contributed by atoms with Crippen molar-refractivity contribution in [1.29, 1.82) is 0 Å². The molecule has 2 rings (SSSR count). The van der Waals surface area contributed by atoms with Crippen molar-refractivity contribution < 1.29 is 9.53 Å². The number of aromatic nitrogens is 3. The highest BCUT2D eigenvalue weighted by molar-refractivity contribution is 8.00. The van der Waals surface area contributed by atoms with E-state index in [-0.39, 0.29) is 11.5 Å². The lowest BCUT2D eigenvalue weighted by molar-refractivity contribution is -0.115. The SMILES string of the molecule is CCOc1ccccc1NC(=O)[C@H](C)Sc1nncc(=O)[nH]1. The van der Waals surface area contributed by atoms with E-state index in [1.165, 1.54) is 0 Å². The number of nitrogens with one attached hydrogen (secondary N) is 2. The summed E-state index contributed by atoms with van der Waals surface area (Å²) in [7, 11) is 0. The van der Waals surface area contributed by atoms with E-state index in [0.717, 1.165) is 18.0 Å². The monoisotopic (exact) mass is 320 g/mol. The largest absolute Gasteiger partial charge is 0.492 e. The van der Waals surface area contributed by atoms with Gasteiger partial charge in [0.2, 0.25) is 5.91 Å². The summed E-state index contributed by atoms with van der Waals surface area (Å²) in [5, 5.41) is 9.97. The molecule has 1 amide bonds. The van der Waals surface area contributed by atoms with E-state index >= 15 is 0 Å². The second-order valence-electron chi connectivity index (χ2n) is 4.32. The number of ether oxygens (including phenoxy) is 1. The fraction of sp³-hybridized carbons (Fsp3) is 0.286. The zero-order chi connectivity index (χ0) is 15.9. The molecule has 0 saturated heterocycles. The van der Waals surface area contributed by atoms with Gasteiger partial charge in [0.15, 0.2) is 5.16 Å². The number of aromatic amines is 1. The van der Waals surface area contributed by atoms with Crippen molar-refractivity contribution >= 4 is 23.4 Å². The van der Waals surface area contributed by atoms with E-state index in [1.54, 1.807) is 19.1 Å². The normalized spacial score (nSPS) is 11.7. The Labute approximate surface area is 131 Å². The van der Waals surface area contributed by atoms with E-state index in [0.29, 0.717) is 23.2 Å². The number of carbonyl (C=O) groups is 1. The van der Waals surface area contributed by atoms with Crippen molar-refractivity contribution in [1.82, 2.24) is 15.2 Å². The maximum Gasteiger partial charge on any atom is 0.270 e. The second kappa shape index (κ2) is 7.60. The van der Waals surface area contributed by atoms with E-state index in [1.807, 2.05) is 19.1 Å². The Hall–Kier alpha value is -2.35. The van der Waals surface area contributed by atoms with Gasteiger partial charge in [-0.25, -0.2) is 0 Å². The number of H-pyrrole nitrogens is 1. The third kappa shape index (κ3) is 4.32. The Bertz CT molecular complexity index is 704. The number of hydrogen-bond donors (Lipinski definition) is 2. The van der Waals surface area contributed by atoms with Crippen LogP contribution in [0.4, 0.5) is 5.69 Å². The van der Waals surface area contributed by atoms with Crippen molar-refractivity contribution in [2.75, 3.05) is 11.9 Å². The maximum absolute atomic E-state index is 12.2. The van der Waals surface area contributed by atoms with Crippen LogP contribution < -0.4 is 15.6 Å². The number of para-hydroxylation sites is 2. The number of nitrogens with zero attached hydrogens (tertiary/aromatic N) is 2. The van der Waals surface area contributed by atoms with Crippen molar-refractivity contribution in [3.05, 3.63) is 40.8 Å². The minimum atomic E-state index is -0.456. The lowest BCUT2D eigenvalue weighted by atomic mass is 10.3. The molecule has 7 nitrogen and oxygen atoms in total. The number of anilines is 1. The van der Waals surface area contributed by atoms with E-state index in [9.17, 15) is 9.59 Å². The number of hydrogen-bond acceptors (Lipinski definition) is 6. The van der Waals surface area contributed by atoms with Crippen molar-refractivity contribution in [2.24, 2.45) is 0 Å². The van der Waals surface area contributed by atoms with Crippen LogP contribution in [0.2, 0.25) is 0 Å². The van der Waals surface area contributed by atoms with Crippen molar-refractivity contribution in [3.8, 4) is 5.75 Å². The zero-order valence-corrected chi connectivity index (χ0v) is 13.0. The zero-order valence-electron chi connectivity index (χ0n) is 12.2. The molecule has 2 aromatic rings. The highest BCUT2D eigenvalue weighted by Crippen LogP contribution is 2.25. The molecule has 0 spiro atoms. The van der Waals surface area contributed by atoms with Crippen LogP contribution in [0.5, 0.6) is 5.75 Å². The summed E-state index contributed by atoms with van der Waals surface area (Å²) < 4.78 is 5.46. The summed E-state index contributed by atoms with van der Waals surface area (Å²) in [5.41, 5.74) is 0.251. The van der Waals surface area contributed by atoms with Crippen LogP contribution in [-0.2, 0) is 4.79 Å². The Morgan fingerprint density at radius 1 is 1.45 bits per heavy atom. The smallest absolute Gasteiger partial charge is 0.270 e. The van der Waals surface area contributed by atoms with Crippen LogP contribution >= 0.6 is 11.8 Å². The van der Waals surface area contributed by atoms with Gasteiger partial charge in [-0.1, -0.05) is 23.9 Å². The molecule has 1 heterocycles. The van der Waals surface area contributed by atoms with Gasteiger partial charge in [0.1, 0.15) is 11.9 Å². The first-order valence-electron chi connectivity index (χ1n) is 6.71. The average molecular weight is 320 g/mol. The van der Waals surface area contributed by atoms with Gasteiger partial charge in [-0.3, -0.25) is 14.6 Å². The minimum absolute atomic E-state index is 0.219. The van der Waals surface area contributed by atoms with Gasteiger partial charge in [0.05, 0.1) is 17.5 Å². The molecule has 0 aliphatic heterocycles. The summed E-state index contributed by atoms with van der Waals surface area (Å²) >= 11 is 1.12. The highest BCUT2D eigenvalue weighted by Gasteiger charge is 2.17. The third-order valence-corrected chi connectivity index (χ3v) is 3.63.